The first-order chi connectivity index (χ1) is 16.1. The van der Waals surface area contributed by atoms with E-state index in [9.17, 15) is 14.4 Å². The van der Waals surface area contributed by atoms with Crippen LogP contribution in [0.25, 0.3) is 0 Å². The minimum atomic E-state index is -0.395. The zero-order valence-corrected chi connectivity index (χ0v) is 19.2. The maximum atomic E-state index is 13.2. The molecule has 2 aliphatic heterocycles. The van der Waals surface area contributed by atoms with E-state index in [1.165, 1.54) is 10.5 Å². The number of benzene rings is 2. The van der Waals surface area contributed by atoms with Crippen molar-refractivity contribution in [1.82, 2.24) is 4.90 Å². The fourth-order valence-corrected chi connectivity index (χ4v) is 4.73. The number of carbonyl (C=O) groups is 3. The van der Waals surface area contributed by atoms with E-state index >= 15 is 0 Å². The molecule has 2 aliphatic rings. The molecule has 2 amide bonds. The van der Waals surface area contributed by atoms with Crippen molar-refractivity contribution < 1.29 is 19.1 Å². The van der Waals surface area contributed by atoms with E-state index in [1.54, 1.807) is 24.3 Å². The van der Waals surface area contributed by atoms with Crippen LogP contribution in [0.4, 0.5) is 5.69 Å². The van der Waals surface area contributed by atoms with Crippen LogP contribution >= 0.6 is 0 Å². The minimum absolute atomic E-state index is 0.167. The number of likely N-dealkylation sites (tertiary alicyclic amines) is 1. The van der Waals surface area contributed by atoms with E-state index in [0.717, 1.165) is 45.2 Å². The third-order valence-corrected chi connectivity index (χ3v) is 6.67. The summed E-state index contributed by atoms with van der Waals surface area (Å²) in [5.41, 5.74) is 2.29. The molecular formula is C27H32N2O4. The molecule has 0 N–H and O–H groups in total. The van der Waals surface area contributed by atoms with Gasteiger partial charge < -0.3 is 4.74 Å². The summed E-state index contributed by atoms with van der Waals surface area (Å²) in [6.45, 7) is 4.09. The molecule has 2 aromatic rings. The Morgan fingerprint density at radius 3 is 2.36 bits per heavy atom. The molecule has 0 radical (unpaired) electrons. The third kappa shape index (κ3) is 5.50. The Hall–Kier alpha value is -2.99. The standard InChI is InChI=1S/C27H32N2O4/c1-2-3-17-33-27(32)22-9-11-23(12-10-22)29-25(30)19-24(26(29)31)28-15-13-21(14-16-28)18-20-7-5-4-6-8-20/h4-12,21,24H,2-3,13-19H2,1H3. The number of hydrogen-bond donors (Lipinski definition) is 0. The highest BCUT2D eigenvalue weighted by Gasteiger charge is 2.43. The van der Waals surface area contributed by atoms with Gasteiger partial charge in [-0.3, -0.25) is 14.5 Å². The van der Waals surface area contributed by atoms with Crippen molar-refractivity contribution >= 4 is 23.5 Å². The molecule has 33 heavy (non-hydrogen) atoms. The molecule has 0 saturated carbocycles. The van der Waals surface area contributed by atoms with Crippen LogP contribution < -0.4 is 4.90 Å². The lowest BCUT2D eigenvalue weighted by atomic mass is 9.89. The first kappa shape index (κ1) is 23.2. The summed E-state index contributed by atoms with van der Waals surface area (Å²) in [6.07, 6.45) is 5.11. The molecule has 174 valence electrons. The summed E-state index contributed by atoms with van der Waals surface area (Å²) in [5, 5.41) is 0. The molecule has 0 aliphatic carbocycles. The van der Waals surface area contributed by atoms with Crippen LogP contribution in [0.15, 0.2) is 54.6 Å². The zero-order chi connectivity index (χ0) is 23.2. The van der Waals surface area contributed by atoms with E-state index < -0.39 is 6.04 Å². The van der Waals surface area contributed by atoms with E-state index in [2.05, 4.69) is 29.2 Å². The molecule has 0 bridgehead atoms. The number of piperidine rings is 1. The molecule has 0 spiro atoms. The highest BCUT2D eigenvalue weighted by atomic mass is 16.5. The second-order valence-electron chi connectivity index (χ2n) is 8.99. The number of unbranched alkanes of at least 4 members (excludes halogenated alkanes) is 1. The van der Waals surface area contributed by atoms with Crippen molar-refractivity contribution in [2.24, 2.45) is 5.92 Å². The van der Waals surface area contributed by atoms with Crippen LogP contribution in [0.5, 0.6) is 0 Å². The molecule has 4 rings (SSSR count). The molecule has 0 aromatic heterocycles. The summed E-state index contributed by atoms with van der Waals surface area (Å²) >= 11 is 0. The first-order valence-electron chi connectivity index (χ1n) is 12.0. The topological polar surface area (TPSA) is 66.9 Å². The summed E-state index contributed by atoms with van der Waals surface area (Å²) in [4.78, 5) is 41.4. The Bertz CT molecular complexity index is 965. The number of anilines is 1. The second-order valence-corrected chi connectivity index (χ2v) is 8.99. The van der Waals surface area contributed by atoms with Crippen molar-refractivity contribution in [2.45, 2.75) is 51.5 Å². The van der Waals surface area contributed by atoms with Gasteiger partial charge >= 0.3 is 5.97 Å². The van der Waals surface area contributed by atoms with Crippen molar-refractivity contribution in [2.75, 3.05) is 24.6 Å². The monoisotopic (exact) mass is 448 g/mol. The summed E-state index contributed by atoms with van der Waals surface area (Å²) in [5.74, 6) is -0.128. The van der Waals surface area contributed by atoms with E-state index in [4.69, 9.17) is 4.74 Å². The molecule has 2 heterocycles. The number of ether oxygens (including phenoxy) is 1. The molecular weight excluding hydrogens is 416 g/mol. The van der Waals surface area contributed by atoms with Gasteiger partial charge in [0.1, 0.15) is 0 Å². The largest absolute Gasteiger partial charge is 0.462 e. The maximum Gasteiger partial charge on any atom is 0.338 e. The van der Waals surface area contributed by atoms with Crippen LogP contribution in [0.2, 0.25) is 0 Å². The van der Waals surface area contributed by atoms with Crippen molar-refractivity contribution in [3.05, 3.63) is 65.7 Å². The Morgan fingerprint density at radius 1 is 1.00 bits per heavy atom. The van der Waals surface area contributed by atoms with Crippen molar-refractivity contribution in [3.8, 4) is 0 Å². The van der Waals surface area contributed by atoms with E-state index in [0.29, 0.717) is 23.8 Å². The van der Waals surface area contributed by atoms with Crippen molar-refractivity contribution in [3.63, 3.8) is 0 Å². The number of carbonyl (C=O) groups excluding carboxylic acids is 3. The van der Waals surface area contributed by atoms with Gasteiger partial charge in [0.2, 0.25) is 5.91 Å². The highest BCUT2D eigenvalue weighted by Crippen LogP contribution is 2.30. The van der Waals surface area contributed by atoms with Gasteiger partial charge in [0, 0.05) is 0 Å². The van der Waals surface area contributed by atoms with Crippen LogP contribution in [0.1, 0.15) is 54.9 Å². The first-order valence-corrected chi connectivity index (χ1v) is 12.0. The van der Waals surface area contributed by atoms with Crippen molar-refractivity contribution in [1.29, 1.82) is 0 Å². The average molecular weight is 449 g/mol. The lowest BCUT2D eigenvalue weighted by Crippen LogP contribution is -2.46. The molecule has 2 fully saturated rings. The Kier molecular flexibility index (Phi) is 7.55. The van der Waals surface area contributed by atoms with Gasteiger partial charge in [0.05, 0.1) is 30.3 Å². The van der Waals surface area contributed by atoms with Crippen LogP contribution in [-0.4, -0.2) is 48.4 Å². The van der Waals surface area contributed by atoms with E-state index in [1.807, 2.05) is 13.0 Å². The second kappa shape index (κ2) is 10.8. The van der Waals surface area contributed by atoms with Gasteiger partial charge in [0.25, 0.3) is 5.91 Å². The molecule has 6 nitrogen and oxygen atoms in total. The Morgan fingerprint density at radius 2 is 1.70 bits per heavy atom. The molecule has 6 heteroatoms. The molecule has 2 aromatic carbocycles. The number of esters is 1. The van der Waals surface area contributed by atoms with Gasteiger partial charge in [-0.15, -0.1) is 0 Å². The number of imide groups is 1. The average Bonchev–Trinajstić information content (AvgIpc) is 3.14. The van der Waals surface area contributed by atoms with Gasteiger partial charge in [-0.2, -0.15) is 0 Å². The molecule has 1 unspecified atom stereocenters. The SMILES string of the molecule is CCCCOC(=O)c1ccc(N2C(=O)CC(N3CCC(Cc4ccccc4)CC3)C2=O)cc1. The predicted molar refractivity (Wildman–Crippen MR) is 127 cm³/mol. The van der Waals surface area contributed by atoms with Crippen LogP contribution in [0.3, 0.4) is 0 Å². The summed E-state index contributed by atoms with van der Waals surface area (Å²) < 4.78 is 5.23. The number of amides is 2. The predicted octanol–water partition coefficient (Wildman–Crippen LogP) is 4.23. The Balaban J connectivity index is 1.34. The number of hydrogen-bond acceptors (Lipinski definition) is 5. The number of rotatable bonds is 8. The van der Waals surface area contributed by atoms with Crippen LogP contribution in [0, 0.1) is 5.92 Å². The van der Waals surface area contributed by atoms with Gasteiger partial charge in [-0.05, 0) is 74.5 Å². The smallest absolute Gasteiger partial charge is 0.338 e. The fraction of sp³-hybridized carbons (Fsp3) is 0.444. The lowest BCUT2D eigenvalue weighted by Gasteiger charge is -2.34. The van der Waals surface area contributed by atoms with E-state index in [-0.39, 0.29) is 24.2 Å². The highest BCUT2D eigenvalue weighted by molar-refractivity contribution is 6.22. The molecule has 1 atom stereocenters. The summed E-state index contributed by atoms with van der Waals surface area (Å²) in [7, 11) is 0. The van der Waals surface area contributed by atoms with Gasteiger partial charge in [-0.1, -0.05) is 43.7 Å². The zero-order valence-electron chi connectivity index (χ0n) is 19.2. The third-order valence-electron chi connectivity index (χ3n) is 6.67. The quantitative estimate of drug-likeness (QED) is 0.343. The van der Waals surface area contributed by atoms with Crippen LogP contribution in [-0.2, 0) is 20.7 Å². The number of nitrogens with zero attached hydrogens (tertiary/aromatic N) is 2. The van der Waals surface area contributed by atoms with Gasteiger partial charge in [0.15, 0.2) is 0 Å². The minimum Gasteiger partial charge on any atom is -0.462 e. The van der Waals surface area contributed by atoms with Gasteiger partial charge in [-0.25, -0.2) is 9.69 Å². The summed E-state index contributed by atoms with van der Waals surface area (Å²) in [6, 6.07) is 16.7. The fourth-order valence-electron chi connectivity index (χ4n) is 4.73. The molecule has 2 saturated heterocycles. The Labute approximate surface area is 195 Å². The normalized spacial score (nSPS) is 19.8. The maximum absolute atomic E-state index is 13.2. The lowest BCUT2D eigenvalue weighted by molar-refractivity contribution is -0.123.